The first-order valence-corrected chi connectivity index (χ1v) is 6.58. The van der Waals surface area contributed by atoms with E-state index in [1.807, 2.05) is 30.3 Å². The van der Waals surface area contributed by atoms with Gasteiger partial charge in [0.05, 0.1) is 19.8 Å². The second kappa shape index (κ2) is 6.74. The quantitative estimate of drug-likeness (QED) is 0.793. The summed E-state index contributed by atoms with van der Waals surface area (Å²) in [6.07, 6.45) is 1.64. The maximum atomic E-state index is 12.4. The lowest BCUT2D eigenvalue weighted by Crippen LogP contribution is -2.29. The monoisotopic (exact) mass is 287 g/mol. The molecule has 0 aliphatic heterocycles. The fraction of sp³-hybridized carbons (Fsp3) is 0.250. The molecular weight excluding hydrogens is 270 g/mol. The van der Waals surface area contributed by atoms with Gasteiger partial charge in [-0.25, -0.2) is 0 Å². The van der Waals surface area contributed by atoms with Crippen LogP contribution in [0.5, 0.6) is 0 Å². The van der Waals surface area contributed by atoms with Gasteiger partial charge in [0, 0.05) is 19.2 Å². The van der Waals surface area contributed by atoms with Crippen molar-refractivity contribution in [3.05, 3.63) is 48.4 Å². The first-order valence-electron chi connectivity index (χ1n) is 6.58. The molecule has 0 atom stereocenters. The van der Waals surface area contributed by atoms with Crippen LogP contribution in [0.25, 0.3) is 11.1 Å². The van der Waals surface area contributed by atoms with Crippen molar-refractivity contribution >= 4 is 11.9 Å². The van der Waals surface area contributed by atoms with Crippen LogP contribution in [-0.2, 0) is 9.53 Å². The van der Waals surface area contributed by atoms with Crippen LogP contribution in [-0.4, -0.2) is 37.5 Å². The zero-order chi connectivity index (χ0) is 15.2. The van der Waals surface area contributed by atoms with E-state index in [4.69, 9.17) is 4.42 Å². The number of ether oxygens (including phenoxy) is 1. The number of nitrogens with zero attached hydrogens (tertiary/aromatic N) is 1. The van der Waals surface area contributed by atoms with Gasteiger partial charge >= 0.3 is 5.97 Å². The molecule has 5 heteroatoms. The lowest BCUT2D eigenvalue weighted by molar-refractivity contribution is -0.140. The molecule has 1 aromatic carbocycles. The third-order valence-corrected chi connectivity index (χ3v) is 3.17. The van der Waals surface area contributed by atoms with Crippen molar-refractivity contribution in [2.24, 2.45) is 0 Å². The lowest BCUT2D eigenvalue weighted by Gasteiger charge is -2.15. The topological polar surface area (TPSA) is 59.8 Å². The minimum Gasteiger partial charge on any atom is -0.469 e. The second-order valence-corrected chi connectivity index (χ2v) is 4.58. The Morgan fingerprint density at radius 1 is 1.19 bits per heavy atom. The Morgan fingerprint density at radius 2 is 1.90 bits per heavy atom. The molecule has 1 aromatic heterocycles. The van der Waals surface area contributed by atoms with Crippen LogP contribution in [0.15, 0.2) is 47.1 Å². The molecule has 21 heavy (non-hydrogen) atoms. The number of methoxy groups -OCH3 is 1. The minimum absolute atomic E-state index is 0.153. The largest absolute Gasteiger partial charge is 0.469 e. The van der Waals surface area contributed by atoms with Gasteiger partial charge < -0.3 is 14.1 Å². The number of carbonyl (C=O) groups excluding carboxylic acids is 2. The van der Waals surface area contributed by atoms with E-state index in [0.717, 1.165) is 11.1 Å². The van der Waals surface area contributed by atoms with E-state index in [-0.39, 0.29) is 30.6 Å². The summed E-state index contributed by atoms with van der Waals surface area (Å²) >= 11 is 0. The number of amides is 1. The van der Waals surface area contributed by atoms with Crippen LogP contribution in [0, 0.1) is 0 Å². The Morgan fingerprint density at radius 3 is 2.57 bits per heavy atom. The Bertz CT molecular complexity index is 618. The van der Waals surface area contributed by atoms with Gasteiger partial charge in [0.2, 0.25) is 0 Å². The summed E-state index contributed by atoms with van der Waals surface area (Å²) in [7, 11) is 2.95. The van der Waals surface area contributed by atoms with Crippen LogP contribution in [0.3, 0.4) is 0 Å². The molecular formula is C16H17NO4. The molecule has 0 aliphatic carbocycles. The molecule has 5 nitrogen and oxygen atoms in total. The van der Waals surface area contributed by atoms with Crippen LogP contribution in [0.4, 0.5) is 0 Å². The molecule has 2 aromatic rings. The fourth-order valence-corrected chi connectivity index (χ4v) is 1.96. The van der Waals surface area contributed by atoms with E-state index >= 15 is 0 Å². The average Bonchev–Trinajstić information content (AvgIpc) is 3.01. The molecule has 0 saturated heterocycles. The number of furan rings is 1. The summed E-state index contributed by atoms with van der Waals surface area (Å²) in [6.45, 7) is 0.278. The van der Waals surface area contributed by atoms with Crippen molar-refractivity contribution in [2.45, 2.75) is 6.42 Å². The van der Waals surface area contributed by atoms with E-state index in [2.05, 4.69) is 4.74 Å². The molecule has 0 fully saturated rings. The number of hydrogen-bond donors (Lipinski definition) is 0. The second-order valence-electron chi connectivity index (χ2n) is 4.58. The summed E-state index contributed by atoms with van der Waals surface area (Å²) in [5.41, 5.74) is 1.65. The molecule has 0 bridgehead atoms. The third-order valence-electron chi connectivity index (χ3n) is 3.17. The number of carbonyl (C=O) groups is 2. The standard InChI is InChI=1S/C16H17NO4/c1-17(10-8-14(18)20-2)16(19)15-13(9-11-21-15)12-6-4-3-5-7-12/h3-7,9,11H,8,10H2,1-2H3. The summed E-state index contributed by atoms with van der Waals surface area (Å²) in [5.74, 6) is -0.339. The number of benzene rings is 1. The highest BCUT2D eigenvalue weighted by molar-refractivity contribution is 5.98. The average molecular weight is 287 g/mol. The van der Waals surface area contributed by atoms with Gasteiger partial charge in [0.1, 0.15) is 0 Å². The minimum atomic E-state index is -0.350. The van der Waals surface area contributed by atoms with Crippen molar-refractivity contribution in [3.63, 3.8) is 0 Å². The Kier molecular flexibility index (Phi) is 4.77. The zero-order valence-corrected chi connectivity index (χ0v) is 12.0. The van der Waals surface area contributed by atoms with Crippen molar-refractivity contribution in [3.8, 4) is 11.1 Å². The van der Waals surface area contributed by atoms with E-state index in [9.17, 15) is 9.59 Å². The third kappa shape index (κ3) is 3.51. The Balaban J connectivity index is 2.14. The number of hydrogen-bond acceptors (Lipinski definition) is 4. The van der Waals surface area contributed by atoms with Crippen molar-refractivity contribution in [1.29, 1.82) is 0 Å². The summed E-state index contributed by atoms with van der Waals surface area (Å²) < 4.78 is 9.89. The van der Waals surface area contributed by atoms with Gasteiger partial charge in [-0.05, 0) is 11.6 Å². The Labute approximate surface area is 123 Å². The zero-order valence-electron chi connectivity index (χ0n) is 12.0. The highest BCUT2D eigenvalue weighted by atomic mass is 16.5. The summed E-state index contributed by atoms with van der Waals surface area (Å²) in [4.78, 5) is 25.0. The number of esters is 1. The first kappa shape index (κ1) is 14.8. The molecule has 0 N–H and O–H groups in total. The van der Waals surface area contributed by atoms with Crippen LogP contribution >= 0.6 is 0 Å². The highest BCUT2D eigenvalue weighted by Crippen LogP contribution is 2.25. The molecule has 2 rings (SSSR count). The van der Waals surface area contributed by atoms with E-state index < -0.39 is 0 Å². The van der Waals surface area contributed by atoms with E-state index in [1.165, 1.54) is 18.3 Å². The van der Waals surface area contributed by atoms with Crippen molar-refractivity contribution in [1.82, 2.24) is 4.90 Å². The van der Waals surface area contributed by atoms with Crippen LogP contribution < -0.4 is 0 Å². The molecule has 0 radical (unpaired) electrons. The van der Waals surface area contributed by atoms with Gasteiger partial charge in [-0.15, -0.1) is 0 Å². The maximum absolute atomic E-state index is 12.4. The van der Waals surface area contributed by atoms with Crippen LogP contribution in [0.2, 0.25) is 0 Å². The van der Waals surface area contributed by atoms with Gasteiger partial charge in [0.15, 0.2) is 5.76 Å². The molecule has 0 unspecified atom stereocenters. The number of rotatable bonds is 5. The predicted molar refractivity (Wildman–Crippen MR) is 77.7 cm³/mol. The smallest absolute Gasteiger partial charge is 0.307 e. The molecule has 0 aliphatic rings. The van der Waals surface area contributed by atoms with Crippen molar-refractivity contribution in [2.75, 3.05) is 20.7 Å². The summed E-state index contributed by atoms with van der Waals surface area (Å²) in [6, 6.07) is 11.3. The van der Waals surface area contributed by atoms with Crippen molar-refractivity contribution < 1.29 is 18.7 Å². The predicted octanol–water partition coefficient (Wildman–Crippen LogP) is 2.58. The van der Waals surface area contributed by atoms with Gasteiger partial charge in [-0.3, -0.25) is 9.59 Å². The first-order chi connectivity index (χ1) is 10.1. The lowest BCUT2D eigenvalue weighted by atomic mass is 10.1. The van der Waals surface area contributed by atoms with Gasteiger partial charge in [0.25, 0.3) is 5.91 Å². The SMILES string of the molecule is COC(=O)CCN(C)C(=O)c1occc1-c1ccccc1. The molecule has 0 saturated carbocycles. The molecule has 110 valence electrons. The highest BCUT2D eigenvalue weighted by Gasteiger charge is 2.20. The molecule has 0 spiro atoms. The van der Waals surface area contributed by atoms with E-state index in [0.29, 0.717) is 0 Å². The molecule has 1 heterocycles. The van der Waals surface area contributed by atoms with Gasteiger partial charge in [-0.1, -0.05) is 30.3 Å². The summed E-state index contributed by atoms with van der Waals surface area (Å²) in [5, 5.41) is 0. The van der Waals surface area contributed by atoms with Gasteiger partial charge in [-0.2, -0.15) is 0 Å². The maximum Gasteiger partial charge on any atom is 0.307 e. The van der Waals surface area contributed by atoms with Crippen LogP contribution in [0.1, 0.15) is 17.0 Å². The fourth-order valence-electron chi connectivity index (χ4n) is 1.96. The molecule has 1 amide bonds. The normalized spacial score (nSPS) is 10.2. The van der Waals surface area contributed by atoms with E-state index in [1.54, 1.807) is 13.1 Å². The Hall–Kier alpha value is -2.56.